The Labute approximate surface area is 240 Å². The molecule has 8 N–H and O–H groups in total. The van der Waals surface area contributed by atoms with Gasteiger partial charge in [-0.25, -0.2) is 0 Å². The lowest BCUT2D eigenvalue weighted by atomic mass is 10.2. The van der Waals surface area contributed by atoms with E-state index in [1.165, 1.54) is 84.0 Å². The van der Waals surface area contributed by atoms with Crippen molar-refractivity contribution in [1.29, 1.82) is 0 Å². The van der Waals surface area contributed by atoms with Crippen LogP contribution in [0.15, 0.2) is 48.9 Å². The zero-order chi connectivity index (χ0) is 27.6. The molecule has 7 heterocycles. The average Bonchev–Trinajstić information content (AvgIpc) is 3.89. The van der Waals surface area contributed by atoms with Gasteiger partial charge in [0.05, 0.1) is 0 Å². The molecule has 7 aliphatic heterocycles. The van der Waals surface area contributed by atoms with E-state index in [-0.39, 0.29) is 0 Å². The van der Waals surface area contributed by atoms with Crippen LogP contribution >= 0.6 is 0 Å². The van der Waals surface area contributed by atoms with E-state index in [1.54, 1.807) is 0 Å². The molecule has 226 valence electrons. The molecular weight excluding hydrogens is 484 g/mol. The van der Waals surface area contributed by atoms with Crippen LogP contribution in [0, 0.1) is 0 Å². The zero-order valence-electron chi connectivity index (χ0n) is 24.9. The second-order valence-electron chi connectivity index (χ2n) is 10.0. The summed E-state index contributed by atoms with van der Waals surface area (Å²) in [5.74, 6) is 0. The normalized spacial score (nSPS) is 21.9. The van der Waals surface area contributed by atoms with Gasteiger partial charge in [0.15, 0.2) is 0 Å². The topological polar surface area (TPSA) is 96.2 Å². The molecule has 0 spiro atoms. The zero-order valence-corrected chi connectivity index (χ0v) is 24.9. The molecule has 0 aromatic heterocycles. The lowest BCUT2D eigenvalue weighted by Gasteiger charge is -2.11. The number of rotatable bonds is 0. The summed E-state index contributed by atoms with van der Waals surface area (Å²) in [5.41, 5.74) is 0. The predicted molar refractivity (Wildman–Crippen MR) is 171 cm³/mol. The van der Waals surface area contributed by atoms with E-state index < -0.39 is 0 Å². The highest BCUT2D eigenvalue weighted by Gasteiger charge is 1.94. The summed E-state index contributed by atoms with van der Waals surface area (Å²) in [5, 5.41) is 25.4. The smallest absolute Gasteiger partial charge is 0.0176 e. The van der Waals surface area contributed by atoms with Crippen molar-refractivity contribution in [1.82, 2.24) is 42.5 Å². The second-order valence-corrected chi connectivity index (χ2v) is 10.0. The highest BCUT2D eigenvalue weighted by Crippen LogP contribution is 1.96. The van der Waals surface area contributed by atoms with E-state index in [4.69, 9.17) is 0 Å². The van der Waals surface area contributed by atoms with Crippen LogP contribution in [0.4, 0.5) is 0 Å². The van der Waals surface area contributed by atoms with Gasteiger partial charge in [0.1, 0.15) is 0 Å². The van der Waals surface area contributed by atoms with E-state index in [0.717, 1.165) is 65.4 Å². The van der Waals surface area contributed by atoms with Gasteiger partial charge in [-0.1, -0.05) is 42.9 Å². The molecule has 0 aliphatic carbocycles. The van der Waals surface area contributed by atoms with Gasteiger partial charge in [-0.3, -0.25) is 0 Å². The lowest BCUT2D eigenvalue weighted by molar-refractivity contribution is 0.520. The van der Waals surface area contributed by atoms with Gasteiger partial charge >= 0.3 is 0 Å². The molecule has 0 amide bonds. The first-order valence-corrected chi connectivity index (χ1v) is 15.8. The van der Waals surface area contributed by atoms with Gasteiger partial charge in [0.2, 0.25) is 0 Å². The van der Waals surface area contributed by atoms with Gasteiger partial charge in [0, 0.05) is 58.9 Å². The summed E-state index contributed by atoms with van der Waals surface area (Å²) in [6.07, 6.45) is 28.9. The molecule has 0 atom stereocenters. The molecule has 3 saturated heterocycles. The van der Waals surface area contributed by atoms with Crippen molar-refractivity contribution in [3.63, 3.8) is 0 Å². The maximum Gasteiger partial charge on any atom is 0.0176 e. The van der Waals surface area contributed by atoms with Crippen molar-refractivity contribution >= 4 is 0 Å². The first-order valence-electron chi connectivity index (χ1n) is 15.8. The number of nitrogens with one attached hydrogen (secondary N) is 8. The Morgan fingerprint density at radius 2 is 0.769 bits per heavy atom. The van der Waals surface area contributed by atoms with Crippen molar-refractivity contribution in [3.8, 4) is 0 Å². The summed E-state index contributed by atoms with van der Waals surface area (Å²) >= 11 is 0. The molecule has 0 saturated carbocycles. The predicted octanol–water partition coefficient (Wildman–Crippen LogP) is 2.37. The van der Waals surface area contributed by atoms with Crippen molar-refractivity contribution in [3.05, 3.63) is 48.9 Å². The molecule has 0 unspecified atom stereocenters. The van der Waals surface area contributed by atoms with Crippen LogP contribution in [0.2, 0.25) is 0 Å². The molecule has 39 heavy (non-hydrogen) atoms. The van der Waals surface area contributed by atoms with Crippen molar-refractivity contribution in [2.45, 2.75) is 57.8 Å². The SMILES string of the molecule is C1=CCNC1.C1=CCNCC1.C1=CNCC1.C1=CNCCC1.C1CCNC1.C1CCNCC1.C1CNCCN1. The molecule has 7 rings (SSSR count). The Hall–Kier alpha value is -1.68. The third-order valence-corrected chi connectivity index (χ3v) is 6.35. The highest BCUT2D eigenvalue weighted by molar-refractivity contribution is 4.92. The Morgan fingerprint density at radius 3 is 0.949 bits per heavy atom. The van der Waals surface area contributed by atoms with Gasteiger partial charge in [-0.05, 0) is 96.5 Å². The number of hydrogen-bond donors (Lipinski definition) is 8. The maximum atomic E-state index is 3.28. The monoisotopic (exact) mass is 547 g/mol. The molecule has 0 aromatic rings. The van der Waals surface area contributed by atoms with Crippen LogP contribution in [-0.4, -0.2) is 91.6 Å². The first kappa shape index (κ1) is 35.3. The van der Waals surface area contributed by atoms with E-state index in [2.05, 4.69) is 79.0 Å². The molecule has 8 heteroatoms. The average molecular weight is 547 g/mol. The molecule has 8 nitrogen and oxygen atoms in total. The van der Waals surface area contributed by atoms with Crippen LogP contribution < -0.4 is 42.5 Å². The van der Waals surface area contributed by atoms with Gasteiger partial charge in [-0.15, -0.1) is 0 Å². The minimum absolute atomic E-state index is 1.07. The summed E-state index contributed by atoms with van der Waals surface area (Å²) in [7, 11) is 0. The fraction of sp³-hybridized carbons (Fsp3) is 0.742. The van der Waals surface area contributed by atoms with Crippen molar-refractivity contribution < 1.29 is 0 Å². The summed E-state index contributed by atoms with van der Waals surface area (Å²) in [6.45, 7) is 16.2. The highest BCUT2D eigenvalue weighted by atomic mass is 15.0. The molecular formula is C31H62N8. The Morgan fingerprint density at radius 1 is 0.282 bits per heavy atom. The Bertz CT molecular complexity index is 475. The van der Waals surface area contributed by atoms with E-state index in [9.17, 15) is 0 Å². The van der Waals surface area contributed by atoms with Crippen LogP contribution in [0.5, 0.6) is 0 Å². The molecule has 0 radical (unpaired) electrons. The Kier molecular flexibility index (Phi) is 29.5. The largest absolute Gasteiger partial charge is 0.391 e. The maximum absolute atomic E-state index is 3.28. The van der Waals surface area contributed by atoms with Crippen LogP contribution in [0.25, 0.3) is 0 Å². The minimum atomic E-state index is 1.07. The second kappa shape index (κ2) is 32.5. The first-order chi connectivity index (χ1) is 19.5. The standard InChI is InChI=1S/C5H11N.2C5H9N.C4H10N2.C4H9N.2C4H7N/c3*1-2-4-6-5-3-1;1-2-6-4-3-5-1;3*1-2-4-5-3-1/h6H,1-5H2;2,4,6H,1,3,5H2;1-2,6H,3-5H2;5-6H,1-4H2;5H,1-4H2;1,3,5H,2,4H2;1-2,5H,3-4H2. The Balaban J connectivity index is 0.000000228. The quantitative estimate of drug-likeness (QED) is 0.220. The van der Waals surface area contributed by atoms with Gasteiger partial charge in [-0.2, -0.15) is 0 Å². The van der Waals surface area contributed by atoms with E-state index >= 15 is 0 Å². The van der Waals surface area contributed by atoms with Crippen LogP contribution in [0.3, 0.4) is 0 Å². The number of piperidine rings is 1. The number of piperazine rings is 1. The molecule has 0 aromatic carbocycles. The minimum Gasteiger partial charge on any atom is -0.391 e. The number of hydrogen-bond acceptors (Lipinski definition) is 8. The molecule has 7 aliphatic rings. The van der Waals surface area contributed by atoms with Gasteiger partial charge in [0.25, 0.3) is 0 Å². The summed E-state index contributed by atoms with van der Waals surface area (Å²) < 4.78 is 0. The number of allylic oxidation sites excluding steroid dienone is 1. The third-order valence-electron chi connectivity index (χ3n) is 6.35. The van der Waals surface area contributed by atoms with Crippen molar-refractivity contribution in [2.75, 3.05) is 91.6 Å². The van der Waals surface area contributed by atoms with Crippen molar-refractivity contribution in [2.24, 2.45) is 0 Å². The van der Waals surface area contributed by atoms with Crippen LogP contribution in [-0.2, 0) is 0 Å². The lowest BCUT2D eigenvalue weighted by Crippen LogP contribution is -2.39. The van der Waals surface area contributed by atoms with E-state index in [0.29, 0.717) is 0 Å². The van der Waals surface area contributed by atoms with Gasteiger partial charge < -0.3 is 42.5 Å². The van der Waals surface area contributed by atoms with E-state index in [1.807, 2.05) is 12.4 Å². The fourth-order valence-corrected chi connectivity index (χ4v) is 4.01. The summed E-state index contributed by atoms with van der Waals surface area (Å²) in [6, 6.07) is 0. The fourth-order valence-electron chi connectivity index (χ4n) is 4.01. The van der Waals surface area contributed by atoms with Crippen LogP contribution in [0.1, 0.15) is 57.8 Å². The molecule has 0 bridgehead atoms. The molecule has 3 fully saturated rings. The third kappa shape index (κ3) is 30.7. The summed E-state index contributed by atoms with van der Waals surface area (Å²) in [4.78, 5) is 0.